The van der Waals surface area contributed by atoms with E-state index in [1.54, 1.807) is 0 Å². The number of benzene rings is 1. The molecule has 0 fully saturated rings. The summed E-state index contributed by atoms with van der Waals surface area (Å²) in [5, 5.41) is 1.28. The predicted octanol–water partition coefficient (Wildman–Crippen LogP) is 5.84. The standard InChI is InChI=1S/C9H9NS.3C2H6/c1-6-5-10-9-4-7(11)2-3-8(6)9;3*1-2/h2-5,10-11H,1H3;3*1-2H3. The monoisotopic (exact) mass is 253 g/mol. The van der Waals surface area contributed by atoms with Crippen molar-refractivity contribution in [3.8, 4) is 0 Å². The Balaban J connectivity index is 0. The van der Waals surface area contributed by atoms with Crippen LogP contribution in [0.1, 0.15) is 47.1 Å². The molecule has 0 spiro atoms. The smallest absolute Gasteiger partial charge is 0.0467 e. The molecular formula is C15H27NS. The van der Waals surface area contributed by atoms with E-state index in [1.165, 1.54) is 10.9 Å². The quantitative estimate of drug-likeness (QED) is 0.548. The van der Waals surface area contributed by atoms with E-state index in [2.05, 4.69) is 30.6 Å². The Bertz CT molecular complexity index is 391. The van der Waals surface area contributed by atoms with Gasteiger partial charge in [-0.2, -0.15) is 0 Å². The van der Waals surface area contributed by atoms with Crippen LogP contribution in [0.3, 0.4) is 0 Å². The summed E-state index contributed by atoms with van der Waals surface area (Å²) < 4.78 is 0. The van der Waals surface area contributed by atoms with Gasteiger partial charge >= 0.3 is 0 Å². The highest BCUT2D eigenvalue weighted by Gasteiger charge is 1.97. The molecule has 0 aliphatic rings. The number of aromatic amines is 1. The van der Waals surface area contributed by atoms with Crippen LogP contribution in [0.25, 0.3) is 10.9 Å². The Morgan fingerprint density at radius 1 is 0.941 bits per heavy atom. The second kappa shape index (κ2) is 11.6. The summed E-state index contributed by atoms with van der Waals surface area (Å²) in [6.07, 6.45) is 2.01. The van der Waals surface area contributed by atoms with Gasteiger partial charge in [-0.3, -0.25) is 0 Å². The third kappa shape index (κ3) is 5.83. The van der Waals surface area contributed by atoms with Crippen LogP contribution in [-0.2, 0) is 0 Å². The summed E-state index contributed by atoms with van der Waals surface area (Å²) >= 11 is 4.25. The average molecular weight is 253 g/mol. The SMILES string of the molecule is CC.CC.CC.Cc1c[nH]c2cc(S)ccc12. The van der Waals surface area contributed by atoms with Crippen molar-refractivity contribution in [2.45, 2.75) is 53.4 Å². The van der Waals surface area contributed by atoms with E-state index in [0.29, 0.717) is 0 Å². The average Bonchev–Trinajstić information content (AvgIpc) is 2.78. The second-order valence-corrected chi connectivity index (χ2v) is 3.22. The van der Waals surface area contributed by atoms with Gasteiger partial charge in [0.1, 0.15) is 0 Å². The van der Waals surface area contributed by atoms with Crippen LogP contribution in [0.5, 0.6) is 0 Å². The highest BCUT2D eigenvalue weighted by atomic mass is 32.1. The van der Waals surface area contributed by atoms with Gasteiger partial charge in [0.05, 0.1) is 0 Å². The fourth-order valence-corrected chi connectivity index (χ4v) is 1.46. The van der Waals surface area contributed by atoms with Gasteiger partial charge in [-0.1, -0.05) is 47.6 Å². The molecule has 1 heterocycles. The molecule has 0 aliphatic heterocycles. The maximum absolute atomic E-state index is 4.25. The molecule has 1 aromatic carbocycles. The van der Waals surface area contributed by atoms with Crippen molar-refractivity contribution >= 4 is 23.5 Å². The van der Waals surface area contributed by atoms with E-state index in [0.717, 1.165) is 10.4 Å². The second-order valence-electron chi connectivity index (χ2n) is 2.70. The van der Waals surface area contributed by atoms with Gasteiger partial charge in [0.2, 0.25) is 0 Å². The Kier molecular flexibility index (Phi) is 12.6. The molecule has 2 aromatic rings. The summed E-state index contributed by atoms with van der Waals surface area (Å²) in [4.78, 5) is 4.18. The van der Waals surface area contributed by atoms with Gasteiger partial charge in [-0.25, -0.2) is 0 Å². The molecule has 2 rings (SSSR count). The minimum absolute atomic E-state index is 0.999. The largest absolute Gasteiger partial charge is 0.361 e. The van der Waals surface area contributed by atoms with Gasteiger partial charge in [0, 0.05) is 22.0 Å². The number of nitrogens with one attached hydrogen (secondary N) is 1. The maximum atomic E-state index is 4.25. The molecule has 17 heavy (non-hydrogen) atoms. The van der Waals surface area contributed by atoms with Crippen molar-refractivity contribution in [2.75, 3.05) is 0 Å². The number of fused-ring (bicyclic) bond motifs is 1. The minimum atomic E-state index is 0.999. The summed E-state index contributed by atoms with van der Waals surface area (Å²) in [5.74, 6) is 0. The van der Waals surface area contributed by atoms with Crippen LogP contribution in [0.2, 0.25) is 0 Å². The molecule has 0 aliphatic carbocycles. The molecule has 0 unspecified atom stereocenters. The van der Waals surface area contributed by atoms with E-state index in [4.69, 9.17) is 0 Å². The zero-order chi connectivity index (χ0) is 13.8. The van der Waals surface area contributed by atoms with E-state index in [1.807, 2.05) is 59.9 Å². The van der Waals surface area contributed by atoms with Crippen LogP contribution in [0, 0.1) is 6.92 Å². The summed E-state index contributed by atoms with van der Waals surface area (Å²) in [5.41, 5.74) is 2.45. The predicted molar refractivity (Wildman–Crippen MR) is 84.3 cm³/mol. The first-order valence-electron chi connectivity index (χ1n) is 6.54. The molecule has 0 amide bonds. The van der Waals surface area contributed by atoms with Crippen LogP contribution >= 0.6 is 12.6 Å². The first kappa shape index (κ1) is 18.5. The normalized spacial score (nSPS) is 8.00. The molecule has 2 heteroatoms. The molecule has 0 bridgehead atoms. The molecule has 98 valence electrons. The first-order valence-corrected chi connectivity index (χ1v) is 6.99. The number of rotatable bonds is 0. The van der Waals surface area contributed by atoms with Crippen molar-refractivity contribution in [1.82, 2.24) is 4.98 Å². The third-order valence-corrected chi connectivity index (χ3v) is 2.15. The van der Waals surface area contributed by atoms with Gasteiger partial charge < -0.3 is 4.98 Å². The van der Waals surface area contributed by atoms with Gasteiger partial charge in [0.25, 0.3) is 0 Å². The summed E-state index contributed by atoms with van der Waals surface area (Å²) in [7, 11) is 0. The highest BCUT2D eigenvalue weighted by molar-refractivity contribution is 7.80. The van der Waals surface area contributed by atoms with Crippen molar-refractivity contribution in [1.29, 1.82) is 0 Å². The molecule has 0 saturated heterocycles. The number of thiol groups is 1. The molecule has 0 radical (unpaired) electrons. The van der Waals surface area contributed by atoms with Crippen molar-refractivity contribution in [3.63, 3.8) is 0 Å². The van der Waals surface area contributed by atoms with Crippen LogP contribution in [0.4, 0.5) is 0 Å². The Labute approximate surface area is 112 Å². The van der Waals surface area contributed by atoms with Gasteiger partial charge in [-0.05, 0) is 24.6 Å². The zero-order valence-electron chi connectivity index (χ0n) is 12.3. The number of aryl methyl sites for hydroxylation is 1. The third-order valence-electron chi connectivity index (χ3n) is 1.87. The van der Waals surface area contributed by atoms with Gasteiger partial charge in [-0.15, -0.1) is 12.6 Å². The first-order chi connectivity index (χ1) is 8.27. The fraction of sp³-hybridized carbons (Fsp3) is 0.467. The van der Waals surface area contributed by atoms with E-state index in [-0.39, 0.29) is 0 Å². The van der Waals surface area contributed by atoms with Crippen molar-refractivity contribution in [2.24, 2.45) is 0 Å². The van der Waals surface area contributed by atoms with Crippen molar-refractivity contribution < 1.29 is 0 Å². The Morgan fingerprint density at radius 3 is 2.00 bits per heavy atom. The van der Waals surface area contributed by atoms with Crippen LogP contribution in [0.15, 0.2) is 29.3 Å². The lowest BCUT2D eigenvalue weighted by molar-refractivity contribution is 1.41. The number of aromatic nitrogens is 1. The van der Waals surface area contributed by atoms with Gasteiger partial charge in [0.15, 0.2) is 0 Å². The van der Waals surface area contributed by atoms with E-state index < -0.39 is 0 Å². The molecule has 1 nitrogen and oxygen atoms in total. The lowest BCUT2D eigenvalue weighted by atomic mass is 10.2. The Morgan fingerprint density at radius 2 is 1.47 bits per heavy atom. The Hall–Kier alpha value is -0.890. The van der Waals surface area contributed by atoms with E-state index in [9.17, 15) is 0 Å². The van der Waals surface area contributed by atoms with E-state index >= 15 is 0 Å². The molecule has 0 atom stereocenters. The number of hydrogen-bond donors (Lipinski definition) is 2. The number of H-pyrrole nitrogens is 1. The highest BCUT2D eigenvalue weighted by Crippen LogP contribution is 2.19. The maximum Gasteiger partial charge on any atom is 0.0467 e. The lowest BCUT2D eigenvalue weighted by Gasteiger charge is -1.91. The lowest BCUT2D eigenvalue weighted by Crippen LogP contribution is -1.68. The van der Waals surface area contributed by atoms with Crippen molar-refractivity contribution in [3.05, 3.63) is 30.0 Å². The molecular weight excluding hydrogens is 226 g/mol. The molecule has 0 saturated carbocycles. The summed E-state index contributed by atoms with van der Waals surface area (Å²) in [6, 6.07) is 6.13. The van der Waals surface area contributed by atoms with Crippen LogP contribution < -0.4 is 0 Å². The minimum Gasteiger partial charge on any atom is -0.361 e. The van der Waals surface area contributed by atoms with Crippen LogP contribution in [-0.4, -0.2) is 4.98 Å². The number of hydrogen-bond acceptors (Lipinski definition) is 1. The topological polar surface area (TPSA) is 15.8 Å². The fourth-order valence-electron chi connectivity index (χ4n) is 1.26. The zero-order valence-corrected chi connectivity index (χ0v) is 13.2. The summed E-state index contributed by atoms with van der Waals surface area (Å²) in [6.45, 7) is 14.1. The molecule has 1 aromatic heterocycles. The molecule has 1 N–H and O–H groups in total.